The molecule has 0 spiro atoms. The van der Waals surface area contributed by atoms with Crippen molar-refractivity contribution in [3.05, 3.63) is 24.2 Å². The van der Waals surface area contributed by atoms with E-state index in [0.717, 1.165) is 24.7 Å². The maximum Gasteiger partial charge on any atom is 0.123 e. The summed E-state index contributed by atoms with van der Waals surface area (Å²) >= 11 is 0. The van der Waals surface area contributed by atoms with Crippen molar-refractivity contribution in [1.29, 1.82) is 5.41 Å². The van der Waals surface area contributed by atoms with E-state index in [9.17, 15) is 0 Å². The third-order valence-electron chi connectivity index (χ3n) is 3.64. The predicted octanol–water partition coefficient (Wildman–Crippen LogP) is 3.66. The lowest BCUT2D eigenvalue weighted by Crippen LogP contribution is -2.35. The number of amidine groups is 1. The molecule has 94 valence electrons. The van der Waals surface area contributed by atoms with Gasteiger partial charge in [-0.3, -0.25) is 5.41 Å². The molecule has 0 atom stereocenters. The van der Waals surface area contributed by atoms with Crippen LogP contribution < -0.4 is 0 Å². The molecule has 0 aliphatic heterocycles. The third-order valence-corrected chi connectivity index (χ3v) is 3.64. The molecule has 0 radical (unpaired) electrons. The van der Waals surface area contributed by atoms with E-state index in [1.54, 1.807) is 6.26 Å². The molecule has 17 heavy (non-hydrogen) atoms. The van der Waals surface area contributed by atoms with Crippen molar-refractivity contribution >= 4 is 5.84 Å². The minimum absolute atomic E-state index is 0.471. The largest absolute Gasteiger partial charge is 0.467 e. The van der Waals surface area contributed by atoms with Gasteiger partial charge in [-0.1, -0.05) is 19.3 Å². The molecule has 1 aromatic heterocycles. The Hall–Kier alpha value is -1.25. The Labute approximate surface area is 103 Å². The van der Waals surface area contributed by atoms with Crippen LogP contribution >= 0.6 is 0 Å². The summed E-state index contributed by atoms with van der Waals surface area (Å²) in [4.78, 5) is 2.13. The highest BCUT2D eigenvalue weighted by atomic mass is 16.3. The van der Waals surface area contributed by atoms with Crippen molar-refractivity contribution in [2.24, 2.45) is 5.92 Å². The van der Waals surface area contributed by atoms with Crippen LogP contribution in [0, 0.1) is 11.3 Å². The van der Waals surface area contributed by atoms with Crippen LogP contribution in [0.3, 0.4) is 0 Å². The Bertz CT molecular complexity index is 339. The van der Waals surface area contributed by atoms with Crippen molar-refractivity contribution in [3.63, 3.8) is 0 Å². The Morgan fingerprint density at radius 3 is 2.76 bits per heavy atom. The molecular weight excluding hydrogens is 212 g/mol. The molecule has 1 aliphatic carbocycles. The van der Waals surface area contributed by atoms with E-state index in [0.29, 0.717) is 5.92 Å². The molecule has 1 fully saturated rings. The first kappa shape index (κ1) is 12.2. The Morgan fingerprint density at radius 1 is 1.41 bits per heavy atom. The molecule has 0 amide bonds. The van der Waals surface area contributed by atoms with Crippen LogP contribution in [0.4, 0.5) is 0 Å². The van der Waals surface area contributed by atoms with Gasteiger partial charge < -0.3 is 9.32 Å². The maximum atomic E-state index is 8.33. The summed E-state index contributed by atoms with van der Waals surface area (Å²) in [5, 5.41) is 8.33. The topological polar surface area (TPSA) is 40.2 Å². The summed E-state index contributed by atoms with van der Waals surface area (Å²) in [6.45, 7) is 3.73. The van der Waals surface area contributed by atoms with Crippen molar-refractivity contribution in [1.82, 2.24) is 4.90 Å². The smallest absolute Gasteiger partial charge is 0.123 e. The fourth-order valence-electron chi connectivity index (χ4n) is 2.59. The first-order valence-electron chi connectivity index (χ1n) is 6.67. The van der Waals surface area contributed by atoms with E-state index in [4.69, 9.17) is 9.83 Å². The monoisotopic (exact) mass is 234 g/mol. The van der Waals surface area contributed by atoms with Crippen molar-refractivity contribution in [2.45, 2.75) is 45.6 Å². The van der Waals surface area contributed by atoms with Crippen LogP contribution in [0.25, 0.3) is 0 Å². The van der Waals surface area contributed by atoms with Gasteiger partial charge in [0.05, 0.1) is 18.6 Å². The molecule has 0 aromatic carbocycles. The van der Waals surface area contributed by atoms with E-state index in [1.807, 2.05) is 12.1 Å². The van der Waals surface area contributed by atoms with Crippen molar-refractivity contribution < 1.29 is 4.42 Å². The van der Waals surface area contributed by atoms with E-state index in [2.05, 4.69) is 11.8 Å². The van der Waals surface area contributed by atoms with Gasteiger partial charge in [0.25, 0.3) is 0 Å². The zero-order chi connectivity index (χ0) is 12.1. The predicted molar refractivity (Wildman–Crippen MR) is 69.1 cm³/mol. The average molecular weight is 234 g/mol. The Balaban J connectivity index is 1.94. The summed E-state index contributed by atoms with van der Waals surface area (Å²) in [5.74, 6) is 2.23. The number of hydrogen-bond acceptors (Lipinski definition) is 2. The van der Waals surface area contributed by atoms with Gasteiger partial charge >= 0.3 is 0 Å². The standard InChI is InChI=1S/C14H22N2O/c1-2-16(11-13-9-6-10-17-13)14(15)12-7-4-3-5-8-12/h6,9-10,12,15H,2-5,7-8,11H2,1H3. The third kappa shape index (κ3) is 3.11. The van der Waals surface area contributed by atoms with Crippen LogP contribution in [0.2, 0.25) is 0 Å². The summed E-state index contributed by atoms with van der Waals surface area (Å²) < 4.78 is 5.36. The zero-order valence-electron chi connectivity index (χ0n) is 10.6. The quantitative estimate of drug-likeness (QED) is 0.638. The van der Waals surface area contributed by atoms with E-state index < -0.39 is 0 Å². The lowest BCUT2D eigenvalue weighted by atomic mass is 9.88. The van der Waals surface area contributed by atoms with E-state index in [-0.39, 0.29) is 0 Å². The number of nitrogens with one attached hydrogen (secondary N) is 1. The SMILES string of the molecule is CCN(Cc1ccco1)C(=N)C1CCCCC1. The van der Waals surface area contributed by atoms with Crippen LogP contribution in [0.15, 0.2) is 22.8 Å². The molecule has 1 heterocycles. The molecular formula is C14H22N2O. The van der Waals surface area contributed by atoms with Gasteiger partial charge in [-0.15, -0.1) is 0 Å². The zero-order valence-corrected chi connectivity index (χ0v) is 10.6. The summed E-state index contributed by atoms with van der Waals surface area (Å²) in [5.41, 5.74) is 0. The molecule has 3 nitrogen and oxygen atoms in total. The summed E-state index contributed by atoms with van der Waals surface area (Å²) in [6.07, 6.45) is 7.99. The molecule has 1 aliphatic rings. The number of rotatable bonds is 4. The second-order valence-corrected chi connectivity index (χ2v) is 4.81. The van der Waals surface area contributed by atoms with Gasteiger partial charge in [-0.25, -0.2) is 0 Å². The number of hydrogen-bond donors (Lipinski definition) is 1. The van der Waals surface area contributed by atoms with Gasteiger partial charge in [0.1, 0.15) is 5.76 Å². The molecule has 1 saturated carbocycles. The van der Waals surface area contributed by atoms with Gasteiger partial charge in [0, 0.05) is 12.5 Å². The minimum Gasteiger partial charge on any atom is -0.467 e. The molecule has 2 rings (SSSR count). The molecule has 1 aromatic rings. The van der Waals surface area contributed by atoms with Crippen LogP contribution in [-0.4, -0.2) is 17.3 Å². The first-order chi connectivity index (χ1) is 8.31. The summed E-state index contributed by atoms with van der Waals surface area (Å²) in [7, 11) is 0. The normalized spacial score (nSPS) is 17.0. The average Bonchev–Trinajstić information content (AvgIpc) is 2.89. The minimum atomic E-state index is 0.471. The molecule has 0 saturated heterocycles. The van der Waals surface area contributed by atoms with E-state index >= 15 is 0 Å². The Kier molecular flexibility index (Phi) is 4.24. The van der Waals surface area contributed by atoms with Gasteiger partial charge in [0.2, 0.25) is 0 Å². The van der Waals surface area contributed by atoms with Crippen LogP contribution in [0.5, 0.6) is 0 Å². The second kappa shape index (κ2) is 5.89. The summed E-state index contributed by atoms with van der Waals surface area (Å²) in [6, 6.07) is 3.89. The van der Waals surface area contributed by atoms with Crippen molar-refractivity contribution in [3.8, 4) is 0 Å². The fraction of sp³-hybridized carbons (Fsp3) is 0.643. The first-order valence-corrected chi connectivity index (χ1v) is 6.67. The van der Waals surface area contributed by atoms with Crippen LogP contribution in [-0.2, 0) is 6.54 Å². The van der Waals surface area contributed by atoms with Crippen molar-refractivity contribution in [2.75, 3.05) is 6.54 Å². The second-order valence-electron chi connectivity index (χ2n) is 4.81. The Morgan fingerprint density at radius 2 is 2.18 bits per heavy atom. The number of nitrogens with zero attached hydrogens (tertiary/aromatic N) is 1. The lowest BCUT2D eigenvalue weighted by Gasteiger charge is -2.30. The lowest BCUT2D eigenvalue weighted by molar-refractivity contribution is 0.332. The highest BCUT2D eigenvalue weighted by Gasteiger charge is 2.22. The van der Waals surface area contributed by atoms with E-state index in [1.165, 1.54) is 32.1 Å². The molecule has 3 heteroatoms. The van der Waals surface area contributed by atoms with Gasteiger partial charge in [-0.2, -0.15) is 0 Å². The molecule has 0 bridgehead atoms. The van der Waals surface area contributed by atoms with Gasteiger partial charge in [-0.05, 0) is 31.9 Å². The molecule has 0 unspecified atom stereocenters. The fourth-order valence-corrected chi connectivity index (χ4v) is 2.59. The maximum absolute atomic E-state index is 8.33. The van der Waals surface area contributed by atoms with Gasteiger partial charge in [0.15, 0.2) is 0 Å². The van der Waals surface area contributed by atoms with Crippen LogP contribution in [0.1, 0.15) is 44.8 Å². The number of furan rings is 1. The highest BCUT2D eigenvalue weighted by Crippen LogP contribution is 2.26. The molecule has 1 N–H and O–H groups in total. The highest BCUT2D eigenvalue weighted by molar-refractivity contribution is 5.81.